The van der Waals surface area contributed by atoms with Crippen molar-refractivity contribution in [1.82, 2.24) is 25.4 Å². The van der Waals surface area contributed by atoms with Crippen LogP contribution in [0.1, 0.15) is 56.0 Å². The van der Waals surface area contributed by atoms with Crippen molar-refractivity contribution >= 4 is 5.91 Å². The van der Waals surface area contributed by atoms with Gasteiger partial charge in [-0.25, -0.2) is 14.1 Å². The second-order valence-electron chi connectivity index (χ2n) is 6.89. The average Bonchev–Trinajstić information content (AvgIpc) is 3.00. The molecule has 2 unspecified atom stereocenters. The molecule has 6 nitrogen and oxygen atoms in total. The van der Waals surface area contributed by atoms with E-state index in [1.54, 1.807) is 16.8 Å². The largest absolute Gasteiger partial charge is 0.346 e. The lowest BCUT2D eigenvalue weighted by atomic mass is 10.0. The minimum Gasteiger partial charge on any atom is -0.346 e. The normalized spacial score (nSPS) is 20.7. The molecule has 1 aromatic carbocycles. The number of nitrogens with one attached hydrogen (secondary N) is 2. The first kappa shape index (κ1) is 17.5. The van der Waals surface area contributed by atoms with Crippen molar-refractivity contribution in [1.29, 1.82) is 0 Å². The molecule has 2 heterocycles. The SMILES string of the molecule is CC1CC(NC(=O)c2nc(C(C)C)n(-c3cccc(F)c3)n2)CCN1. The number of carbonyl (C=O) groups is 1. The molecule has 1 aliphatic heterocycles. The van der Waals surface area contributed by atoms with E-state index in [0.717, 1.165) is 19.4 Å². The van der Waals surface area contributed by atoms with E-state index < -0.39 is 0 Å². The Bertz CT molecular complexity index is 758. The molecule has 1 amide bonds. The van der Waals surface area contributed by atoms with Gasteiger partial charge in [-0.3, -0.25) is 4.79 Å². The van der Waals surface area contributed by atoms with Gasteiger partial charge in [0.05, 0.1) is 5.69 Å². The van der Waals surface area contributed by atoms with Gasteiger partial charge in [-0.15, -0.1) is 5.10 Å². The maximum absolute atomic E-state index is 13.5. The molecule has 0 bridgehead atoms. The molecule has 7 heteroatoms. The summed E-state index contributed by atoms with van der Waals surface area (Å²) in [6, 6.07) is 6.63. The summed E-state index contributed by atoms with van der Waals surface area (Å²) in [5.41, 5.74) is 0.561. The highest BCUT2D eigenvalue weighted by molar-refractivity contribution is 5.90. The van der Waals surface area contributed by atoms with E-state index in [9.17, 15) is 9.18 Å². The first-order valence-electron chi connectivity index (χ1n) is 8.71. The molecule has 1 aliphatic rings. The van der Waals surface area contributed by atoms with E-state index in [0.29, 0.717) is 17.6 Å². The standard InChI is InChI=1S/C18H24FN5O/c1-11(2)17-22-16(18(25)21-14-7-8-20-12(3)9-14)23-24(17)15-6-4-5-13(19)10-15/h4-6,10-12,14,20H,7-9H2,1-3H3,(H,21,25). The van der Waals surface area contributed by atoms with Gasteiger partial charge >= 0.3 is 0 Å². The van der Waals surface area contributed by atoms with Crippen LogP contribution in [-0.4, -0.2) is 39.3 Å². The van der Waals surface area contributed by atoms with Crippen molar-refractivity contribution in [3.05, 3.63) is 41.7 Å². The smallest absolute Gasteiger partial charge is 0.291 e. The molecular formula is C18H24FN5O. The summed E-state index contributed by atoms with van der Waals surface area (Å²) >= 11 is 0. The minimum atomic E-state index is -0.350. The van der Waals surface area contributed by atoms with Gasteiger partial charge in [-0.2, -0.15) is 0 Å². The lowest BCUT2D eigenvalue weighted by molar-refractivity contribution is 0.0915. The number of halogens is 1. The van der Waals surface area contributed by atoms with Crippen LogP contribution in [0.5, 0.6) is 0 Å². The van der Waals surface area contributed by atoms with E-state index in [2.05, 4.69) is 27.6 Å². The third-order valence-electron chi connectivity index (χ3n) is 4.36. The first-order chi connectivity index (χ1) is 11.9. The van der Waals surface area contributed by atoms with Crippen molar-refractivity contribution in [2.75, 3.05) is 6.54 Å². The van der Waals surface area contributed by atoms with Gasteiger partial charge in [-0.1, -0.05) is 19.9 Å². The fraction of sp³-hybridized carbons (Fsp3) is 0.500. The van der Waals surface area contributed by atoms with E-state index in [1.807, 2.05) is 13.8 Å². The summed E-state index contributed by atoms with van der Waals surface area (Å²) < 4.78 is 15.1. The van der Waals surface area contributed by atoms with Crippen LogP contribution >= 0.6 is 0 Å². The zero-order valence-electron chi connectivity index (χ0n) is 14.8. The van der Waals surface area contributed by atoms with E-state index in [-0.39, 0.29) is 29.5 Å². The van der Waals surface area contributed by atoms with Crippen LogP contribution in [0.2, 0.25) is 0 Å². The Kier molecular flexibility index (Phi) is 5.13. The molecule has 0 radical (unpaired) electrons. The van der Waals surface area contributed by atoms with Crippen molar-refractivity contribution < 1.29 is 9.18 Å². The molecule has 1 fully saturated rings. The summed E-state index contributed by atoms with van der Waals surface area (Å²) in [5, 5.41) is 10.7. The van der Waals surface area contributed by atoms with E-state index in [4.69, 9.17) is 0 Å². The Labute approximate surface area is 146 Å². The van der Waals surface area contributed by atoms with Gasteiger partial charge in [0.25, 0.3) is 5.91 Å². The number of nitrogens with zero attached hydrogens (tertiary/aromatic N) is 3. The van der Waals surface area contributed by atoms with Crippen molar-refractivity contribution in [2.24, 2.45) is 0 Å². The maximum Gasteiger partial charge on any atom is 0.291 e. The monoisotopic (exact) mass is 345 g/mol. The topological polar surface area (TPSA) is 71.8 Å². The second-order valence-corrected chi connectivity index (χ2v) is 6.89. The zero-order chi connectivity index (χ0) is 18.0. The maximum atomic E-state index is 13.5. The Hall–Kier alpha value is -2.28. The van der Waals surface area contributed by atoms with Gasteiger partial charge in [0.1, 0.15) is 11.6 Å². The van der Waals surface area contributed by atoms with Crippen molar-refractivity contribution in [3.63, 3.8) is 0 Å². The lowest BCUT2D eigenvalue weighted by Crippen LogP contribution is -2.46. The molecule has 134 valence electrons. The number of carbonyl (C=O) groups excluding carboxylic acids is 1. The molecule has 0 spiro atoms. The molecule has 2 aromatic rings. The van der Waals surface area contributed by atoms with E-state index >= 15 is 0 Å². The summed E-state index contributed by atoms with van der Waals surface area (Å²) in [6.45, 7) is 6.92. The minimum absolute atomic E-state index is 0.0521. The van der Waals surface area contributed by atoms with Crippen LogP contribution in [0.4, 0.5) is 4.39 Å². The molecule has 2 atom stereocenters. The predicted octanol–water partition coefficient (Wildman–Crippen LogP) is 2.40. The highest BCUT2D eigenvalue weighted by Crippen LogP contribution is 2.18. The Morgan fingerprint density at radius 1 is 1.44 bits per heavy atom. The van der Waals surface area contributed by atoms with Crippen LogP contribution in [0.15, 0.2) is 24.3 Å². The molecule has 1 aromatic heterocycles. The van der Waals surface area contributed by atoms with Crippen LogP contribution in [0.25, 0.3) is 5.69 Å². The number of amides is 1. The van der Waals surface area contributed by atoms with Gasteiger partial charge < -0.3 is 10.6 Å². The number of aromatic nitrogens is 3. The number of benzene rings is 1. The number of hydrogen-bond acceptors (Lipinski definition) is 4. The summed E-state index contributed by atoms with van der Waals surface area (Å²) in [6.07, 6.45) is 1.77. The fourth-order valence-corrected chi connectivity index (χ4v) is 3.10. The highest BCUT2D eigenvalue weighted by atomic mass is 19.1. The fourth-order valence-electron chi connectivity index (χ4n) is 3.10. The van der Waals surface area contributed by atoms with Crippen molar-refractivity contribution in [3.8, 4) is 5.69 Å². The van der Waals surface area contributed by atoms with E-state index in [1.165, 1.54) is 12.1 Å². The van der Waals surface area contributed by atoms with Gasteiger partial charge in [0.2, 0.25) is 5.82 Å². The number of piperidine rings is 1. The number of rotatable bonds is 4. The van der Waals surface area contributed by atoms with Gasteiger partial charge in [-0.05, 0) is 44.5 Å². The van der Waals surface area contributed by atoms with Gasteiger partial charge in [0, 0.05) is 18.0 Å². The second kappa shape index (κ2) is 7.31. The zero-order valence-corrected chi connectivity index (χ0v) is 14.8. The Balaban J connectivity index is 1.84. The molecule has 3 rings (SSSR count). The van der Waals surface area contributed by atoms with Crippen LogP contribution in [-0.2, 0) is 0 Å². The highest BCUT2D eigenvalue weighted by Gasteiger charge is 2.24. The Morgan fingerprint density at radius 2 is 2.24 bits per heavy atom. The Morgan fingerprint density at radius 3 is 2.92 bits per heavy atom. The molecule has 0 aliphatic carbocycles. The lowest BCUT2D eigenvalue weighted by Gasteiger charge is -2.28. The molecular weight excluding hydrogens is 321 g/mol. The molecule has 2 N–H and O–H groups in total. The number of hydrogen-bond donors (Lipinski definition) is 2. The van der Waals surface area contributed by atoms with Crippen LogP contribution in [0.3, 0.4) is 0 Å². The first-order valence-corrected chi connectivity index (χ1v) is 8.71. The van der Waals surface area contributed by atoms with Crippen LogP contribution < -0.4 is 10.6 Å². The summed E-state index contributed by atoms with van der Waals surface area (Å²) in [5.74, 6) is 0.179. The third kappa shape index (κ3) is 4.04. The average molecular weight is 345 g/mol. The van der Waals surface area contributed by atoms with Gasteiger partial charge in [0.15, 0.2) is 0 Å². The molecule has 0 saturated carbocycles. The summed E-state index contributed by atoms with van der Waals surface area (Å²) in [4.78, 5) is 17.0. The molecule has 25 heavy (non-hydrogen) atoms. The third-order valence-corrected chi connectivity index (χ3v) is 4.36. The predicted molar refractivity (Wildman–Crippen MR) is 93.4 cm³/mol. The van der Waals surface area contributed by atoms with Crippen LogP contribution in [0, 0.1) is 5.82 Å². The quantitative estimate of drug-likeness (QED) is 0.893. The molecule has 1 saturated heterocycles. The summed E-state index contributed by atoms with van der Waals surface area (Å²) in [7, 11) is 0. The van der Waals surface area contributed by atoms with Crippen molar-refractivity contribution in [2.45, 2.75) is 51.6 Å².